The molecule has 7 nitrogen and oxygen atoms in total. The zero-order chi connectivity index (χ0) is 16.3. The third-order valence-electron chi connectivity index (χ3n) is 3.28. The second kappa shape index (κ2) is 5.85. The minimum absolute atomic E-state index is 0.00792. The Kier molecular flexibility index (Phi) is 4.13. The second-order valence-electron chi connectivity index (χ2n) is 5.50. The lowest BCUT2D eigenvalue weighted by molar-refractivity contribution is -0.130. The maximum absolute atomic E-state index is 12.0. The number of carbonyl (C=O) groups excluding carboxylic acids is 3. The Balaban J connectivity index is 1.92. The fraction of sp³-hybridized carbons (Fsp3) is 0.333. The number of urea groups is 1. The number of anilines is 1. The first kappa shape index (κ1) is 15.5. The van der Waals surface area contributed by atoms with Crippen LogP contribution < -0.4 is 10.6 Å². The standard InChI is InChI=1S/C15H16N4O3/c1-15(2)13(21)19(14(22)18-15)7-6-12(20)17-11-5-3-4-10(8-11)9-16/h3-5,8H,6-7H2,1-2H3,(H,17,20)(H,18,22). The fourth-order valence-electron chi connectivity index (χ4n) is 2.12. The van der Waals surface area contributed by atoms with Gasteiger partial charge in [0.2, 0.25) is 5.91 Å². The van der Waals surface area contributed by atoms with Crippen molar-refractivity contribution in [3.8, 4) is 6.07 Å². The van der Waals surface area contributed by atoms with Crippen molar-refractivity contribution in [2.45, 2.75) is 25.8 Å². The summed E-state index contributed by atoms with van der Waals surface area (Å²) in [5, 5.41) is 14.0. The fourth-order valence-corrected chi connectivity index (χ4v) is 2.12. The quantitative estimate of drug-likeness (QED) is 0.816. The van der Waals surface area contributed by atoms with Gasteiger partial charge in [-0.3, -0.25) is 14.5 Å². The van der Waals surface area contributed by atoms with Gasteiger partial charge in [-0.25, -0.2) is 4.79 Å². The Morgan fingerprint density at radius 2 is 2.14 bits per heavy atom. The van der Waals surface area contributed by atoms with Gasteiger partial charge in [-0.15, -0.1) is 0 Å². The molecule has 0 bridgehead atoms. The van der Waals surface area contributed by atoms with Crippen molar-refractivity contribution in [2.24, 2.45) is 0 Å². The van der Waals surface area contributed by atoms with Crippen molar-refractivity contribution >= 4 is 23.5 Å². The number of benzene rings is 1. The van der Waals surface area contributed by atoms with E-state index in [2.05, 4.69) is 10.6 Å². The summed E-state index contributed by atoms with van der Waals surface area (Å²) in [6, 6.07) is 7.99. The first-order valence-electron chi connectivity index (χ1n) is 6.77. The number of nitrogens with one attached hydrogen (secondary N) is 2. The number of imide groups is 1. The summed E-state index contributed by atoms with van der Waals surface area (Å²) < 4.78 is 0. The summed E-state index contributed by atoms with van der Waals surface area (Å²) in [6.07, 6.45) is -0.00792. The van der Waals surface area contributed by atoms with Crippen LogP contribution in [0.2, 0.25) is 0 Å². The molecule has 1 fully saturated rings. The van der Waals surface area contributed by atoms with Gasteiger partial charge >= 0.3 is 6.03 Å². The van der Waals surface area contributed by atoms with Gasteiger partial charge in [0.15, 0.2) is 0 Å². The number of amides is 4. The molecule has 1 aromatic rings. The molecule has 22 heavy (non-hydrogen) atoms. The van der Waals surface area contributed by atoms with Crippen LogP contribution in [0.1, 0.15) is 25.8 Å². The van der Waals surface area contributed by atoms with Gasteiger partial charge in [0.1, 0.15) is 5.54 Å². The molecule has 2 N–H and O–H groups in total. The Morgan fingerprint density at radius 1 is 1.41 bits per heavy atom. The van der Waals surface area contributed by atoms with Crippen LogP contribution in [0, 0.1) is 11.3 Å². The number of nitrogens with zero attached hydrogens (tertiary/aromatic N) is 2. The van der Waals surface area contributed by atoms with Crippen LogP contribution in [0.3, 0.4) is 0 Å². The monoisotopic (exact) mass is 300 g/mol. The van der Waals surface area contributed by atoms with Gasteiger partial charge in [-0.1, -0.05) is 6.07 Å². The van der Waals surface area contributed by atoms with Crippen molar-refractivity contribution in [3.63, 3.8) is 0 Å². The van der Waals surface area contributed by atoms with Gasteiger partial charge in [0.25, 0.3) is 5.91 Å². The Morgan fingerprint density at radius 3 is 2.73 bits per heavy atom. The summed E-state index contributed by atoms with van der Waals surface area (Å²) in [7, 11) is 0. The molecule has 1 saturated heterocycles. The number of hydrogen-bond acceptors (Lipinski definition) is 4. The van der Waals surface area contributed by atoms with E-state index in [-0.39, 0.29) is 24.8 Å². The zero-order valence-electron chi connectivity index (χ0n) is 12.3. The van der Waals surface area contributed by atoms with Crippen molar-refractivity contribution in [1.82, 2.24) is 10.2 Å². The van der Waals surface area contributed by atoms with Crippen LogP contribution >= 0.6 is 0 Å². The molecule has 0 spiro atoms. The normalized spacial score (nSPS) is 16.1. The molecule has 0 saturated carbocycles. The second-order valence-corrected chi connectivity index (χ2v) is 5.50. The molecular weight excluding hydrogens is 284 g/mol. The summed E-state index contributed by atoms with van der Waals surface area (Å²) in [5.41, 5.74) is 0.00420. The lowest BCUT2D eigenvalue weighted by atomic mass is 10.1. The van der Waals surface area contributed by atoms with E-state index in [4.69, 9.17) is 5.26 Å². The molecule has 7 heteroatoms. The highest BCUT2D eigenvalue weighted by molar-refractivity contribution is 6.06. The average molecular weight is 300 g/mol. The van der Waals surface area contributed by atoms with Crippen molar-refractivity contribution in [3.05, 3.63) is 29.8 Å². The first-order valence-corrected chi connectivity index (χ1v) is 6.77. The topological polar surface area (TPSA) is 102 Å². The molecule has 4 amide bonds. The molecular formula is C15H16N4O3. The minimum Gasteiger partial charge on any atom is -0.326 e. The van der Waals surface area contributed by atoms with Gasteiger partial charge in [-0.05, 0) is 32.0 Å². The van der Waals surface area contributed by atoms with Crippen LogP contribution in [0.4, 0.5) is 10.5 Å². The van der Waals surface area contributed by atoms with E-state index in [1.165, 1.54) is 0 Å². The average Bonchev–Trinajstić information content (AvgIpc) is 2.65. The van der Waals surface area contributed by atoms with E-state index in [0.29, 0.717) is 11.3 Å². The highest BCUT2D eigenvalue weighted by atomic mass is 16.2. The van der Waals surface area contributed by atoms with Crippen molar-refractivity contribution in [1.29, 1.82) is 5.26 Å². The predicted molar refractivity (Wildman–Crippen MR) is 78.7 cm³/mol. The molecule has 0 unspecified atom stereocenters. The maximum atomic E-state index is 12.0. The van der Waals surface area contributed by atoms with Crippen LogP contribution in [-0.4, -0.2) is 34.8 Å². The van der Waals surface area contributed by atoms with E-state index in [0.717, 1.165) is 4.90 Å². The number of nitriles is 1. The van der Waals surface area contributed by atoms with Crippen molar-refractivity contribution < 1.29 is 14.4 Å². The Hall–Kier alpha value is -2.88. The molecule has 2 rings (SSSR count). The van der Waals surface area contributed by atoms with Gasteiger partial charge < -0.3 is 10.6 Å². The Bertz CT molecular complexity index is 676. The van der Waals surface area contributed by atoms with Crippen LogP contribution in [0.25, 0.3) is 0 Å². The molecule has 1 aromatic carbocycles. The zero-order valence-corrected chi connectivity index (χ0v) is 12.3. The van der Waals surface area contributed by atoms with E-state index in [9.17, 15) is 14.4 Å². The number of hydrogen-bond donors (Lipinski definition) is 2. The highest BCUT2D eigenvalue weighted by Gasteiger charge is 2.43. The molecule has 0 aliphatic carbocycles. The summed E-state index contributed by atoms with van der Waals surface area (Å²) >= 11 is 0. The smallest absolute Gasteiger partial charge is 0.325 e. The SMILES string of the molecule is CC1(C)NC(=O)N(CCC(=O)Nc2cccc(C#N)c2)C1=O. The maximum Gasteiger partial charge on any atom is 0.325 e. The van der Waals surface area contributed by atoms with Crippen LogP contribution in [0.15, 0.2) is 24.3 Å². The van der Waals surface area contributed by atoms with Crippen molar-refractivity contribution in [2.75, 3.05) is 11.9 Å². The lowest BCUT2D eigenvalue weighted by Gasteiger charge is -2.15. The summed E-state index contributed by atoms with van der Waals surface area (Å²) in [5.74, 6) is -0.683. The molecule has 0 radical (unpaired) electrons. The van der Waals surface area contributed by atoms with E-state index < -0.39 is 11.6 Å². The third kappa shape index (κ3) is 3.23. The van der Waals surface area contributed by atoms with E-state index in [1.807, 2.05) is 6.07 Å². The lowest BCUT2D eigenvalue weighted by Crippen LogP contribution is -2.40. The van der Waals surface area contributed by atoms with Gasteiger partial charge in [0.05, 0.1) is 11.6 Å². The Labute approximate surface area is 127 Å². The third-order valence-corrected chi connectivity index (χ3v) is 3.28. The number of rotatable bonds is 4. The molecule has 1 aliphatic rings. The molecule has 1 heterocycles. The first-order chi connectivity index (χ1) is 10.3. The molecule has 0 atom stereocenters. The molecule has 0 aromatic heterocycles. The predicted octanol–water partition coefficient (Wildman–Crippen LogP) is 1.22. The van der Waals surface area contributed by atoms with Gasteiger partial charge in [-0.2, -0.15) is 5.26 Å². The van der Waals surface area contributed by atoms with Gasteiger partial charge in [0, 0.05) is 18.7 Å². The molecule has 114 valence electrons. The van der Waals surface area contributed by atoms with Crippen LogP contribution in [-0.2, 0) is 9.59 Å². The minimum atomic E-state index is -0.936. The number of carbonyl (C=O) groups is 3. The highest BCUT2D eigenvalue weighted by Crippen LogP contribution is 2.17. The van der Waals surface area contributed by atoms with E-state index >= 15 is 0 Å². The molecule has 1 aliphatic heterocycles. The van der Waals surface area contributed by atoms with E-state index in [1.54, 1.807) is 38.1 Å². The van der Waals surface area contributed by atoms with Crippen LogP contribution in [0.5, 0.6) is 0 Å². The summed E-state index contributed by atoms with van der Waals surface area (Å²) in [6.45, 7) is 3.24. The summed E-state index contributed by atoms with van der Waals surface area (Å²) in [4.78, 5) is 36.6. The largest absolute Gasteiger partial charge is 0.326 e.